The Morgan fingerprint density at radius 3 is 2.57 bits per heavy atom. The van der Waals surface area contributed by atoms with Crippen LogP contribution in [0.25, 0.3) is 0 Å². The Balaban J connectivity index is 2.39. The van der Waals surface area contributed by atoms with Gasteiger partial charge in [-0.15, -0.1) is 0 Å². The SMILES string of the molecule is CCc1ccccc1Oc1cc(NN)nc(C(F)(F)F)n1. The van der Waals surface area contributed by atoms with Crippen molar-refractivity contribution < 1.29 is 17.9 Å². The quantitative estimate of drug-likeness (QED) is 0.670. The van der Waals surface area contributed by atoms with Crippen molar-refractivity contribution >= 4 is 5.82 Å². The van der Waals surface area contributed by atoms with Crippen LogP contribution in [0, 0.1) is 0 Å². The monoisotopic (exact) mass is 298 g/mol. The van der Waals surface area contributed by atoms with Crippen LogP contribution < -0.4 is 16.0 Å². The van der Waals surface area contributed by atoms with Crippen molar-refractivity contribution in [3.8, 4) is 11.6 Å². The predicted octanol–water partition coefficient (Wildman–Crippen LogP) is 3.14. The van der Waals surface area contributed by atoms with E-state index in [1.165, 1.54) is 6.07 Å². The summed E-state index contributed by atoms with van der Waals surface area (Å²) in [4.78, 5) is 6.62. The second-order valence-corrected chi connectivity index (χ2v) is 4.12. The summed E-state index contributed by atoms with van der Waals surface area (Å²) < 4.78 is 43.6. The van der Waals surface area contributed by atoms with Crippen molar-refractivity contribution in [1.82, 2.24) is 9.97 Å². The van der Waals surface area contributed by atoms with Crippen molar-refractivity contribution in [3.63, 3.8) is 0 Å². The first-order valence-electron chi connectivity index (χ1n) is 6.12. The van der Waals surface area contributed by atoms with E-state index in [9.17, 15) is 13.2 Å². The third-order valence-electron chi connectivity index (χ3n) is 2.67. The Hall–Kier alpha value is -2.35. The molecule has 0 aliphatic carbocycles. The zero-order valence-corrected chi connectivity index (χ0v) is 11.1. The molecule has 1 aromatic heterocycles. The Kier molecular flexibility index (Phi) is 4.27. The Bertz CT molecular complexity index is 631. The fourth-order valence-corrected chi connectivity index (χ4v) is 1.69. The summed E-state index contributed by atoms with van der Waals surface area (Å²) in [5.74, 6) is 3.83. The van der Waals surface area contributed by atoms with Crippen LogP contribution in [-0.4, -0.2) is 9.97 Å². The van der Waals surface area contributed by atoms with E-state index in [1.807, 2.05) is 19.1 Å². The van der Waals surface area contributed by atoms with E-state index >= 15 is 0 Å². The highest BCUT2D eigenvalue weighted by molar-refractivity contribution is 5.41. The molecule has 5 nitrogen and oxygen atoms in total. The average molecular weight is 298 g/mol. The zero-order valence-electron chi connectivity index (χ0n) is 11.1. The summed E-state index contributed by atoms with van der Waals surface area (Å²) >= 11 is 0. The topological polar surface area (TPSA) is 73.1 Å². The largest absolute Gasteiger partial charge is 0.451 e. The van der Waals surface area contributed by atoms with Crippen LogP contribution >= 0.6 is 0 Å². The van der Waals surface area contributed by atoms with Crippen LogP contribution in [-0.2, 0) is 12.6 Å². The van der Waals surface area contributed by atoms with Crippen molar-refractivity contribution in [3.05, 3.63) is 41.7 Å². The second kappa shape index (κ2) is 5.96. The first-order chi connectivity index (χ1) is 9.94. The van der Waals surface area contributed by atoms with E-state index in [-0.39, 0.29) is 11.7 Å². The maximum Gasteiger partial charge on any atom is 0.451 e. The lowest BCUT2D eigenvalue weighted by Crippen LogP contribution is -2.16. The molecule has 0 spiro atoms. The summed E-state index contributed by atoms with van der Waals surface area (Å²) in [5.41, 5.74) is 2.92. The normalized spacial score (nSPS) is 11.3. The Labute approximate surface area is 118 Å². The number of para-hydroxylation sites is 1. The van der Waals surface area contributed by atoms with Gasteiger partial charge in [0.2, 0.25) is 11.7 Å². The van der Waals surface area contributed by atoms with E-state index in [4.69, 9.17) is 10.6 Å². The number of hydrogen-bond donors (Lipinski definition) is 2. The van der Waals surface area contributed by atoms with Crippen molar-refractivity contribution in [2.75, 3.05) is 5.43 Å². The van der Waals surface area contributed by atoms with Gasteiger partial charge >= 0.3 is 6.18 Å². The number of nitrogens with two attached hydrogens (primary N) is 1. The van der Waals surface area contributed by atoms with Gasteiger partial charge in [-0.3, -0.25) is 0 Å². The lowest BCUT2D eigenvalue weighted by atomic mass is 10.1. The van der Waals surface area contributed by atoms with Crippen LogP contribution in [0.1, 0.15) is 18.3 Å². The molecule has 0 amide bonds. The zero-order chi connectivity index (χ0) is 15.5. The number of nitrogen functional groups attached to an aromatic ring is 1. The van der Waals surface area contributed by atoms with E-state index in [0.29, 0.717) is 12.2 Å². The number of aromatic nitrogens is 2. The molecule has 0 unspecified atom stereocenters. The first-order valence-corrected chi connectivity index (χ1v) is 6.12. The minimum atomic E-state index is -4.69. The highest BCUT2D eigenvalue weighted by Crippen LogP contribution is 2.31. The number of aryl methyl sites for hydroxylation is 1. The number of ether oxygens (including phenoxy) is 1. The van der Waals surface area contributed by atoms with Gasteiger partial charge in [0.25, 0.3) is 0 Å². The van der Waals surface area contributed by atoms with Gasteiger partial charge in [0.05, 0.1) is 0 Å². The third kappa shape index (κ3) is 3.60. The number of anilines is 1. The van der Waals surface area contributed by atoms with Crippen molar-refractivity contribution in [1.29, 1.82) is 0 Å². The summed E-state index contributed by atoms with van der Waals surface area (Å²) in [5, 5.41) is 0. The molecule has 21 heavy (non-hydrogen) atoms. The van der Waals surface area contributed by atoms with E-state index in [0.717, 1.165) is 5.56 Å². The minimum absolute atomic E-state index is 0.179. The number of rotatable bonds is 4. The molecule has 1 heterocycles. The molecule has 3 N–H and O–H groups in total. The molecule has 0 atom stereocenters. The standard InChI is InChI=1S/C13H13F3N4O/c1-2-8-5-3-4-6-9(8)21-11-7-10(20-17)18-12(19-11)13(14,15)16/h3-7H,2,17H2,1H3,(H,18,19,20). The molecule has 8 heteroatoms. The molecular weight excluding hydrogens is 285 g/mol. The number of nitrogens with one attached hydrogen (secondary N) is 1. The Morgan fingerprint density at radius 1 is 1.24 bits per heavy atom. The van der Waals surface area contributed by atoms with Crippen LogP contribution in [0.3, 0.4) is 0 Å². The van der Waals surface area contributed by atoms with Gasteiger partial charge in [0.1, 0.15) is 11.6 Å². The highest BCUT2D eigenvalue weighted by Gasteiger charge is 2.35. The van der Waals surface area contributed by atoms with Gasteiger partial charge < -0.3 is 10.2 Å². The smallest absolute Gasteiger partial charge is 0.439 e. The first kappa shape index (κ1) is 15.0. The predicted molar refractivity (Wildman–Crippen MR) is 70.7 cm³/mol. The summed E-state index contributed by atoms with van der Waals surface area (Å²) in [6.45, 7) is 1.91. The fraction of sp³-hybridized carbons (Fsp3) is 0.231. The van der Waals surface area contributed by atoms with Crippen LogP contribution in [0.2, 0.25) is 0 Å². The summed E-state index contributed by atoms with van der Waals surface area (Å²) in [6.07, 6.45) is -4.01. The molecule has 2 aromatic rings. The van der Waals surface area contributed by atoms with Crippen LogP contribution in [0.4, 0.5) is 19.0 Å². The highest BCUT2D eigenvalue weighted by atomic mass is 19.4. The molecule has 0 fully saturated rings. The number of benzene rings is 1. The molecule has 0 saturated carbocycles. The fourth-order valence-electron chi connectivity index (χ4n) is 1.69. The number of nitrogens with zero attached hydrogens (tertiary/aromatic N) is 2. The van der Waals surface area contributed by atoms with Gasteiger partial charge in [-0.05, 0) is 18.1 Å². The maximum atomic E-state index is 12.7. The molecule has 0 aliphatic heterocycles. The van der Waals surface area contributed by atoms with Gasteiger partial charge in [0.15, 0.2) is 0 Å². The van der Waals surface area contributed by atoms with E-state index in [2.05, 4.69) is 15.4 Å². The summed E-state index contributed by atoms with van der Waals surface area (Å²) in [7, 11) is 0. The summed E-state index contributed by atoms with van der Waals surface area (Å²) in [6, 6.07) is 8.22. The lowest BCUT2D eigenvalue weighted by Gasteiger charge is -2.12. The molecule has 0 radical (unpaired) electrons. The molecule has 1 aromatic carbocycles. The molecule has 0 aliphatic rings. The number of halogens is 3. The van der Waals surface area contributed by atoms with Crippen LogP contribution in [0.15, 0.2) is 30.3 Å². The average Bonchev–Trinajstić information content (AvgIpc) is 2.46. The van der Waals surface area contributed by atoms with Crippen LogP contribution in [0.5, 0.6) is 11.6 Å². The number of hydrazine groups is 1. The Morgan fingerprint density at radius 2 is 1.95 bits per heavy atom. The van der Waals surface area contributed by atoms with Gasteiger partial charge in [-0.2, -0.15) is 18.2 Å². The third-order valence-corrected chi connectivity index (χ3v) is 2.67. The van der Waals surface area contributed by atoms with E-state index in [1.54, 1.807) is 12.1 Å². The molecule has 0 bridgehead atoms. The second-order valence-electron chi connectivity index (χ2n) is 4.12. The minimum Gasteiger partial charge on any atom is -0.439 e. The van der Waals surface area contributed by atoms with Crippen molar-refractivity contribution in [2.24, 2.45) is 5.84 Å². The molecule has 2 rings (SSSR count). The molecule has 0 saturated heterocycles. The van der Waals surface area contributed by atoms with Crippen molar-refractivity contribution in [2.45, 2.75) is 19.5 Å². The van der Waals surface area contributed by atoms with Gasteiger partial charge in [-0.25, -0.2) is 10.8 Å². The van der Waals surface area contributed by atoms with E-state index < -0.39 is 12.0 Å². The number of hydrogen-bond acceptors (Lipinski definition) is 5. The number of alkyl halides is 3. The van der Waals surface area contributed by atoms with Gasteiger partial charge in [-0.1, -0.05) is 25.1 Å². The molecular formula is C13H13F3N4O. The molecule has 112 valence electrons. The maximum absolute atomic E-state index is 12.7. The van der Waals surface area contributed by atoms with Gasteiger partial charge in [0, 0.05) is 6.07 Å². The lowest BCUT2D eigenvalue weighted by molar-refractivity contribution is -0.145.